The smallest absolute Gasteiger partial charge is 0.306 e. The Morgan fingerprint density at radius 2 is 2.14 bits per heavy atom. The summed E-state index contributed by atoms with van der Waals surface area (Å²) >= 11 is 0. The third kappa shape index (κ3) is 2.43. The number of aromatic hydroxyl groups is 1. The molecule has 0 amide bonds. The first kappa shape index (κ1) is 10.5. The van der Waals surface area contributed by atoms with Gasteiger partial charge in [-0.2, -0.15) is 0 Å². The van der Waals surface area contributed by atoms with E-state index in [1.807, 2.05) is 0 Å². The molecule has 0 heterocycles. The number of benzene rings is 1. The van der Waals surface area contributed by atoms with Crippen molar-refractivity contribution in [3.63, 3.8) is 0 Å². The van der Waals surface area contributed by atoms with Gasteiger partial charge >= 0.3 is 5.97 Å². The Bertz CT molecular complexity index is 351. The highest BCUT2D eigenvalue weighted by molar-refractivity contribution is 5.67. The van der Waals surface area contributed by atoms with Gasteiger partial charge in [-0.1, -0.05) is 6.07 Å². The molecule has 3 N–H and O–H groups in total. The fraction of sp³-hybridized carbons (Fsp3) is 0.222. The molecule has 1 unspecified atom stereocenters. The molecule has 0 bridgehead atoms. The second-order valence-corrected chi connectivity index (χ2v) is 2.82. The number of rotatable bonds is 3. The molecule has 0 aliphatic heterocycles. The van der Waals surface area contributed by atoms with Crippen molar-refractivity contribution >= 4 is 5.97 Å². The molecule has 0 aliphatic rings. The number of carbonyl (C=O) groups is 1. The lowest BCUT2D eigenvalue weighted by atomic mass is 10.1. The van der Waals surface area contributed by atoms with Crippen LogP contribution in [0, 0.1) is 5.82 Å². The van der Waals surface area contributed by atoms with Crippen LogP contribution < -0.4 is 0 Å². The largest absolute Gasteiger partial charge is 0.505 e. The van der Waals surface area contributed by atoms with Crippen LogP contribution in [0.1, 0.15) is 18.1 Å². The first-order valence-electron chi connectivity index (χ1n) is 3.89. The molecule has 5 heteroatoms. The minimum atomic E-state index is -1.26. The zero-order chi connectivity index (χ0) is 10.7. The predicted octanol–water partition coefficient (Wildman–Crippen LogP) is 1.04. The van der Waals surface area contributed by atoms with Gasteiger partial charge in [0.15, 0.2) is 11.6 Å². The second kappa shape index (κ2) is 4.06. The summed E-state index contributed by atoms with van der Waals surface area (Å²) in [5.74, 6) is -2.59. The van der Waals surface area contributed by atoms with Crippen molar-refractivity contribution in [1.82, 2.24) is 0 Å². The van der Waals surface area contributed by atoms with Crippen molar-refractivity contribution in [3.05, 3.63) is 29.6 Å². The van der Waals surface area contributed by atoms with Crippen LogP contribution in [-0.4, -0.2) is 21.3 Å². The number of aliphatic hydroxyl groups is 1. The van der Waals surface area contributed by atoms with E-state index in [0.717, 1.165) is 12.1 Å². The number of phenolic OH excluding ortho intramolecular Hbond substituents is 1. The Morgan fingerprint density at radius 3 is 2.64 bits per heavy atom. The molecule has 0 saturated carbocycles. The van der Waals surface area contributed by atoms with Crippen LogP contribution in [0.2, 0.25) is 0 Å². The molecule has 1 aromatic carbocycles. The number of halogens is 1. The van der Waals surface area contributed by atoms with Crippen molar-refractivity contribution in [3.8, 4) is 5.75 Å². The zero-order valence-electron chi connectivity index (χ0n) is 7.14. The van der Waals surface area contributed by atoms with Gasteiger partial charge in [0.05, 0.1) is 12.5 Å². The SMILES string of the molecule is O=C(O)CC(O)c1ccc(O)c(F)c1. The highest BCUT2D eigenvalue weighted by Crippen LogP contribution is 2.22. The summed E-state index contributed by atoms with van der Waals surface area (Å²) in [6.45, 7) is 0. The van der Waals surface area contributed by atoms with E-state index in [2.05, 4.69) is 0 Å². The van der Waals surface area contributed by atoms with Gasteiger partial charge in [-0.25, -0.2) is 4.39 Å². The molecule has 0 spiro atoms. The fourth-order valence-corrected chi connectivity index (χ4v) is 1.01. The van der Waals surface area contributed by atoms with Crippen molar-refractivity contribution < 1.29 is 24.5 Å². The topological polar surface area (TPSA) is 77.8 Å². The van der Waals surface area contributed by atoms with Crippen LogP contribution in [0.15, 0.2) is 18.2 Å². The number of phenols is 1. The van der Waals surface area contributed by atoms with Gasteiger partial charge in [-0.05, 0) is 17.7 Å². The minimum Gasteiger partial charge on any atom is -0.505 e. The van der Waals surface area contributed by atoms with Crippen LogP contribution in [0.5, 0.6) is 5.75 Å². The van der Waals surface area contributed by atoms with E-state index >= 15 is 0 Å². The summed E-state index contributed by atoms with van der Waals surface area (Å²) in [4.78, 5) is 10.2. The van der Waals surface area contributed by atoms with Crippen molar-refractivity contribution in [2.45, 2.75) is 12.5 Å². The van der Waals surface area contributed by atoms with Gasteiger partial charge in [-0.3, -0.25) is 4.79 Å². The maximum atomic E-state index is 12.8. The predicted molar refractivity (Wildman–Crippen MR) is 45.3 cm³/mol. The molecule has 76 valence electrons. The summed E-state index contributed by atoms with van der Waals surface area (Å²) in [6, 6.07) is 3.24. The third-order valence-corrected chi connectivity index (χ3v) is 1.72. The average Bonchev–Trinajstić information content (AvgIpc) is 2.08. The maximum absolute atomic E-state index is 12.8. The van der Waals surface area contributed by atoms with Gasteiger partial charge in [-0.15, -0.1) is 0 Å². The minimum absolute atomic E-state index is 0.128. The summed E-state index contributed by atoms with van der Waals surface area (Å²) < 4.78 is 12.8. The van der Waals surface area contributed by atoms with E-state index in [1.54, 1.807) is 0 Å². The van der Waals surface area contributed by atoms with Crippen LogP contribution in [0.3, 0.4) is 0 Å². The standard InChI is InChI=1S/C9H9FO4/c10-6-3-5(1-2-7(6)11)8(12)4-9(13)14/h1-3,8,11-12H,4H2,(H,13,14). The maximum Gasteiger partial charge on any atom is 0.306 e. The van der Waals surface area contributed by atoms with Crippen molar-refractivity contribution in [1.29, 1.82) is 0 Å². The van der Waals surface area contributed by atoms with E-state index in [0.29, 0.717) is 0 Å². The molecule has 1 aromatic rings. The monoisotopic (exact) mass is 200 g/mol. The van der Waals surface area contributed by atoms with Crippen LogP contribution >= 0.6 is 0 Å². The number of hydrogen-bond acceptors (Lipinski definition) is 3. The third-order valence-electron chi connectivity index (χ3n) is 1.72. The lowest BCUT2D eigenvalue weighted by Crippen LogP contribution is -2.05. The Balaban J connectivity index is 2.85. The lowest BCUT2D eigenvalue weighted by molar-refractivity contribution is -0.139. The molecule has 4 nitrogen and oxygen atoms in total. The lowest BCUT2D eigenvalue weighted by Gasteiger charge is -2.08. The molecular weight excluding hydrogens is 191 g/mol. The summed E-state index contributed by atoms with van der Waals surface area (Å²) in [5, 5.41) is 26.5. The number of aliphatic carboxylic acids is 1. The molecule has 1 rings (SSSR count). The Hall–Kier alpha value is -1.62. The summed E-state index contributed by atoms with van der Waals surface area (Å²) in [7, 11) is 0. The molecule has 1 atom stereocenters. The van der Waals surface area contributed by atoms with Crippen LogP contribution in [0.25, 0.3) is 0 Å². The van der Waals surface area contributed by atoms with E-state index < -0.39 is 30.1 Å². The van der Waals surface area contributed by atoms with Crippen molar-refractivity contribution in [2.24, 2.45) is 0 Å². The van der Waals surface area contributed by atoms with E-state index in [9.17, 15) is 14.3 Å². The first-order valence-corrected chi connectivity index (χ1v) is 3.89. The molecule has 14 heavy (non-hydrogen) atoms. The van der Waals surface area contributed by atoms with Gasteiger partial charge in [0.25, 0.3) is 0 Å². The van der Waals surface area contributed by atoms with Gasteiger partial charge < -0.3 is 15.3 Å². The van der Waals surface area contributed by atoms with Crippen molar-refractivity contribution in [2.75, 3.05) is 0 Å². The summed E-state index contributed by atoms with van der Waals surface area (Å²) in [5.41, 5.74) is 0.128. The highest BCUT2D eigenvalue weighted by Gasteiger charge is 2.13. The Kier molecular flexibility index (Phi) is 3.03. The molecule has 0 saturated heterocycles. The number of hydrogen-bond donors (Lipinski definition) is 3. The fourth-order valence-electron chi connectivity index (χ4n) is 1.01. The molecule has 0 radical (unpaired) electrons. The highest BCUT2D eigenvalue weighted by atomic mass is 19.1. The average molecular weight is 200 g/mol. The Morgan fingerprint density at radius 1 is 1.50 bits per heavy atom. The quantitative estimate of drug-likeness (QED) is 0.681. The van der Waals surface area contributed by atoms with Gasteiger partial charge in [0, 0.05) is 0 Å². The van der Waals surface area contributed by atoms with E-state index in [1.165, 1.54) is 6.07 Å². The van der Waals surface area contributed by atoms with Gasteiger partial charge in [0.1, 0.15) is 0 Å². The molecular formula is C9H9FO4. The van der Waals surface area contributed by atoms with E-state index in [-0.39, 0.29) is 5.56 Å². The normalized spacial score (nSPS) is 12.4. The molecule has 0 fully saturated rings. The van der Waals surface area contributed by atoms with Gasteiger partial charge in [0.2, 0.25) is 0 Å². The summed E-state index contributed by atoms with van der Waals surface area (Å²) in [6.07, 6.45) is -1.76. The van der Waals surface area contributed by atoms with Crippen LogP contribution in [-0.2, 0) is 4.79 Å². The van der Waals surface area contributed by atoms with E-state index in [4.69, 9.17) is 10.2 Å². The number of aliphatic hydroxyl groups excluding tert-OH is 1. The second-order valence-electron chi connectivity index (χ2n) is 2.82. The van der Waals surface area contributed by atoms with Crippen LogP contribution in [0.4, 0.5) is 4.39 Å². The number of carboxylic acids is 1. The number of carboxylic acid groups (broad SMARTS) is 1. The Labute approximate surface area is 79.2 Å². The first-order chi connectivity index (χ1) is 6.50. The zero-order valence-corrected chi connectivity index (χ0v) is 7.14. The molecule has 0 aromatic heterocycles. The molecule has 0 aliphatic carbocycles.